The van der Waals surface area contributed by atoms with Gasteiger partial charge in [0.15, 0.2) is 6.04 Å². The first-order valence-electron chi connectivity index (χ1n) is 6.96. The molecule has 0 aromatic heterocycles. The highest BCUT2D eigenvalue weighted by molar-refractivity contribution is 5.80. The highest BCUT2D eigenvalue weighted by Gasteiger charge is 2.30. The maximum atomic E-state index is 11.5. The Labute approximate surface area is 140 Å². The van der Waals surface area contributed by atoms with Crippen LogP contribution in [0.1, 0.15) is 11.7 Å². The van der Waals surface area contributed by atoms with Gasteiger partial charge in [-0.05, 0) is 11.6 Å². The number of hydrogen-bond acceptors (Lipinski definition) is 7. The van der Waals surface area contributed by atoms with Crippen LogP contribution in [0.4, 0.5) is 17.1 Å². The van der Waals surface area contributed by atoms with E-state index in [1.807, 2.05) is 0 Å². The number of rotatable bonds is 7. The molecule has 0 radical (unpaired) electrons. The van der Waals surface area contributed by atoms with Crippen molar-refractivity contribution in [2.24, 2.45) is 0 Å². The quantitative estimate of drug-likeness (QED) is 0.508. The highest BCUT2D eigenvalue weighted by Crippen LogP contribution is 2.31. The first-order valence-corrected chi connectivity index (χ1v) is 6.96. The second-order valence-electron chi connectivity index (χ2n) is 5.03. The molecule has 0 amide bonds. The summed E-state index contributed by atoms with van der Waals surface area (Å²) in [6, 6.07) is 9.06. The number of carbonyl (C=O) groups is 1. The van der Waals surface area contributed by atoms with Gasteiger partial charge >= 0.3 is 5.97 Å². The minimum Gasteiger partial charge on any atom is -0.480 e. The maximum absolute atomic E-state index is 11.5. The predicted molar refractivity (Wildman–Crippen MR) is 86.2 cm³/mol. The average Bonchev–Trinajstić information content (AvgIpc) is 2.59. The van der Waals surface area contributed by atoms with Crippen LogP contribution in [0.25, 0.3) is 0 Å². The number of benzene rings is 2. The van der Waals surface area contributed by atoms with Gasteiger partial charge in [0.05, 0.1) is 15.9 Å². The van der Waals surface area contributed by atoms with E-state index in [1.54, 1.807) is 18.2 Å². The minimum absolute atomic E-state index is 0.252. The number of aliphatic hydroxyl groups excluding tert-OH is 1. The van der Waals surface area contributed by atoms with Crippen LogP contribution in [0.2, 0.25) is 0 Å². The van der Waals surface area contributed by atoms with Gasteiger partial charge in [-0.15, -0.1) is 0 Å². The third kappa shape index (κ3) is 4.06. The van der Waals surface area contributed by atoms with Crippen LogP contribution in [-0.2, 0) is 4.79 Å². The van der Waals surface area contributed by atoms with E-state index in [0.717, 1.165) is 18.2 Å². The number of nitrogens with one attached hydrogen (secondary N) is 1. The standard InChI is InChI=1S/C15H13N3O7/c19-14(9-4-2-1-3-5-9)13(15(20)21)16-11-7-6-10(17(22)23)8-12(11)18(24)25/h1-8,13-14,16,19H,(H,20,21)/t13-,14-/m0/s1. The Kier molecular flexibility index (Phi) is 5.25. The number of carboxylic acid groups (broad SMARTS) is 1. The average molecular weight is 347 g/mol. The van der Waals surface area contributed by atoms with Gasteiger partial charge in [0.1, 0.15) is 11.8 Å². The Morgan fingerprint density at radius 1 is 1.04 bits per heavy atom. The van der Waals surface area contributed by atoms with Gasteiger partial charge in [0, 0.05) is 6.07 Å². The molecule has 2 atom stereocenters. The lowest BCUT2D eigenvalue weighted by Gasteiger charge is -2.21. The summed E-state index contributed by atoms with van der Waals surface area (Å²) in [5.41, 5.74) is -1.13. The first-order chi connectivity index (χ1) is 11.8. The summed E-state index contributed by atoms with van der Waals surface area (Å²) in [6.07, 6.45) is -1.49. The van der Waals surface area contributed by atoms with Crippen LogP contribution in [0.5, 0.6) is 0 Å². The van der Waals surface area contributed by atoms with Crippen molar-refractivity contribution in [3.8, 4) is 0 Å². The molecule has 10 heteroatoms. The number of aliphatic carboxylic acids is 1. The van der Waals surface area contributed by atoms with Gasteiger partial charge in [0.2, 0.25) is 0 Å². The molecular formula is C15H13N3O7. The molecule has 3 N–H and O–H groups in total. The van der Waals surface area contributed by atoms with E-state index in [0.29, 0.717) is 5.56 Å². The number of carboxylic acids is 1. The van der Waals surface area contributed by atoms with E-state index < -0.39 is 39.3 Å². The zero-order chi connectivity index (χ0) is 18.6. The Hall–Kier alpha value is -3.53. The molecule has 0 spiro atoms. The molecule has 0 aliphatic heterocycles. The Morgan fingerprint density at radius 2 is 1.68 bits per heavy atom. The van der Waals surface area contributed by atoms with E-state index >= 15 is 0 Å². The second kappa shape index (κ2) is 7.36. The Morgan fingerprint density at radius 3 is 2.20 bits per heavy atom. The van der Waals surface area contributed by atoms with E-state index in [9.17, 15) is 35.2 Å². The molecule has 0 fully saturated rings. The summed E-state index contributed by atoms with van der Waals surface area (Å²) < 4.78 is 0. The fraction of sp³-hybridized carbons (Fsp3) is 0.133. The van der Waals surface area contributed by atoms with Crippen LogP contribution >= 0.6 is 0 Å². The van der Waals surface area contributed by atoms with E-state index in [2.05, 4.69) is 5.32 Å². The fourth-order valence-electron chi connectivity index (χ4n) is 2.19. The molecule has 10 nitrogen and oxygen atoms in total. The Bertz CT molecular complexity index is 810. The Balaban J connectivity index is 2.38. The number of nitro benzene ring substituents is 2. The van der Waals surface area contributed by atoms with Gasteiger partial charge in [-0.25, -0.2) is 4.79 Å². The number of nitro groups is 2. The molecule has 0 saturated heterocycles. The molecule has 2 aromatic carbocycles. The second-order valence-corrected chi connectivity index (χ2v) is 5.03. The van der Waals surface area contributed by atoms with Gasteiger partial charge in [0.25, 0.3) is 11.4 Å². The third-order valence-electron chi connectivity index (χ3n) is 3.42. The van der Waals surface area contributed by atoms with Crippen LogP contribution in [0.3, 0.4) is 0 Å². The summed E-state index contributed by atoms with van der Waals surface area (Å²) in [4.78, 5) is 31.7. The van der Waals surface area contributed by atoms with Gasteiger partial charge in [-0.2, -0.15) is 0 Å². The molecule has 2 rings (SSSR count). The van der Waals surface area contributed by atoms with Crippen molar-refractivity contribution < 1.29 is 24.9 Å². The fourth-order valence-corrected chi connectivity index (χ4v) is 2.19. The molecule has 130 valence electrons. The molecule has 25 heavy (non-hydrogen) atoms. The number of nitrogens with zero attached hydrogens (tertiary/aromatic N) is 2. The smallest absolute Gasteiger partial charge is 0.329 e. The van der Waals surface area contributed by atoms with Crippen molar-refractivity contribution in [1.82, 2.24) is 0 Å². The number of hydrogen-bond donors (Lipinski definition) is 3. The topological polar surface area (TPSA) is 156 Å². The molecule has 0 aliphatic carbocycles. The molecule has 0 heterocycles. The lowest BCUT2D eigenvalue weighted by molar-refractivity contribution is -0.393. The van der Waals surface area contributed by atoms with Crippen LogP contribution < -0.4 is 5.32 Å². The first kappa shape index (κ1) is 17.8. The molecule has 0 bridgehead atoms. The van der Waals surface area contributed by atoms with Gasteiger partial charge in [-0.1, -0.05) is 30.3 Å². The lowest BCUT2D eigenvalue weighted by atomic mass is 10.0. The van der Waals surface area contributed by atoms with Gasteiger partial charge < -0.3 is 15.5 Å². The zero-order valence-corrected chi connectivity index (χ0v) is 12.6. The number of aliphatic hydroxyl groups is 1. The normalized spacial score (nSPS) is 12.8. The van der Waals surface area contributed by atoms with Crippen molar-refractivity contribution in [3.05, 3.63) is 74.3 Å². The summed E-state index contributed by atoms with van der Waals surface area (Å²) >= 11 is 0. The van der Waals surface area contributed by atoms with Gasteiger partial charge in [-0.3, -0.25) is 20.2 Å². The monoisotopic (exact) mass is 347 g/mol. The largest absolute Gasteiger partial charge is 0.480 e. The highest BCUT2D eigenvalue weighted by atomic mass is 16.6. The minimum atomic E-state index is -1.59. The van der Waals surface area contributed by atoms with E-state index in [-0.39, 0.29) is 5.69 Å². The van der Waals surface area contributed by atoms with E-state index in [1.165, 1.54) is 12.1 Å². The maximum Gasteiger partial charge on any atom is 0.329 e. The summed E-state index contributed by atoms with van der Waals surface area (Å²) in [7, 11) is 0. The van der Waals surface area contributed by atoms with Crippen molar-refractivity contribution in [2.45, 2.75) is 12.1 Å². The summed E-state index contributed by atoms with van der Waals surface area (Å²) in [6.45, 7) is 0. The summed E-state index contributed by atoms with van der Waals surface area (Å²) in [5, 5.41) is 43.8. The third-order valence-corrected chi connectivity index (χ3v) is 3.42. The summed E-state index contributed by atoms with van der Waals surface area (Å²) in [5.74, 6) is -1.44. The van der Waals surface area contributed by atoms with Crippen LogP contribution in [0, 0.1) is 20.2 Å². The van der Waals surface area contributed by atoms with Crippen molar-refractivity contribution >= 4 is 23.0 Å². The van der Waals surface area contributed by atoms with E-state index in [4.69, 9.17) is 0 Å². The molecule has 0 aliphatic rings. The number of anilines is 1. The molecule has 0 unspecified atom stereocenters. The number of non-ortho nitro benzene ring substituents is 1. The molecule has 2 aromatic rings. The molecule has 0 saturated carbocycles. The van der Waals surface area contributed by atoms with Crippen LogP contribution in [-0.4, -0.2) is 32.1 Å². The lowest BCUT2D eigenvalue weighted by Crippen LogP contribution is -2.35. The SMILES string of the molecule is O=C(O)[C@@H](Nc1ccc([N+](=O)[O-])cc1[N+](=O)[O-])[C@@H](O)c1ccccc1. The zero-order valence-electron chi connectivity index (χ0n) is 12.6. The predicted octanol–water partition coefficient (Wildman–Crippen LogP) is 2.10. The van der Waals surface area contributed by atoms with Crippen LogP contribution in [0.15, 0.2) is 48.5 Å². The molecular weight excluding hydrogens is 334 g/mol. The van der Waals surface area contributed by atoms with Crippen molar-refractivity contribution in [3.63, 3.8) is 0 Å². The van der Waals surface area contributed by atoms with Crippen molar-refractivity contribution in [2.75, 3.05) is 5.32 Å². The van der Waals surface area contributed by atoms with Crippen molar-refractivity contribution in [1.29, 1.82) is 0 Å².